The lowest BCUT2D eigenvalue weighted by molar-refractivity contribution is -0.148. The summed E-state index contributed by atoms with van der Waals surface area (Å²) in [5, 5.41) is 9.31. The number of likely N-dealkylation sites (tertiary alicyclic amines) is 1. The lowest BCUT2D eigenvalue weighted by Gasteiger charge is -2.24. The molecule has 1 heterocycles. The van der Waals surface area contributed by atoms with E-state index in [1.54, 1.807) is 0 Å². The van der Waals surface area contributed by atoms with Crippen LogP contribution in [0.15, 0.2) is 0 Å². The van der Waals surface area contributed by atoms with Gasteiger partial charge in [-0.3, -0.25) is 4.79 Å². The van der Waals surface area contributed by atoms with Crippen LogP contribution in [0.3, 0.4) is 0 Å². The average Bonchev–Trinajstić information content (AvgIpc) is 2.60. The molecular formula is C12H23NO2. The van der Waals surface area contributed by atoms with Crippen LogP contribution in [-0.2, 0) is 4.79 Å². The van der Waals surface area contributed by atoms with E-state index >= 15 is 0 Å². The molecule has 0 aromatic carbocycles. The Morgan fingerprint density at radius 3 is 2.67 bits per heavy atom. The minimum Gasteiger partial charge on any atom is -0.481 e. The largest absolute Gasteiger partial charge is 0.481 e. The maximum Gasteiger partial charge on any atom is 0.310 e. The van der Waals surface area contributed by atoms with Gasteiger partial charge in [0, 0.05) is 6.54 Å². The van der Waals surface area contributed by atoms with Gasteiger partial charge in [0.15, 0.2) is 0 Å². The van der Waals surface area contributed by atoms with Crippen LogP contribution in [0.5, 0.6) is 0 Å². The Hall–Kier alpha value is -0.570. The number of hydrogen-bond acceptors (Lipinski definition) is 2. The van der Waals surface area contributed by atoms with E-state index in [0.29, 0.717) is 0 Å². The Morgan fingerprint density at radius 1 is 1.40 bits per heavy atom. The Morgan fingerprint density at radius 2 is 2.13 bits per heavy atom. The van der Waals surface area contributed by atoms with Crippen LogP contribution in [0.25, 0.3) is 0 Å². The number of unbranched alkanes of at least 4 members (excludes halogenated alkanes) is 1. The van der Waals surface area contributed by atoms with Crippen molar-refractivity contribution in [3.05, 3.63) is 0 Å². The van der Waals surface area contributed by atoms with Crippen LogP contribution in [0.2, 0.25) is 0 Å². The summed E-state index contributed by atoms with van der Waals surface area (Å²) in [5.41, 5.74) is -0.442. The number of carbonyl (C=O) groups is 1. The topological polar surface area (TPSA) is 40.5 Å². The number of carboxylic acids is 1. The van der Waals surface area contributed by atoms with Crippen LogP contribution in [0.1, 0.15) is 46.0 Å². The summed E-state index contributed by atoms with van der Waals surface area (Å²) in [6.07, 6.45) is 4.99. The molecule has 1 N–H and O–H groups in total. The van der Waals surface area contributed by atoms with Gasteiger partial charge in [-0.25, -0.2) is 0 Å². The Balaban J connectivity index is 2.52. The highest BCUT2D eigenvalue weighted by atomic mass is 16.4. The molecule has 0 saturated carbocycles. The molecule has 0 amide bonds. The van der Waals surface area contributed by atoms with Crippen molar-refractivity contribution in [1.29, 1.82) is 0 Å². The summed E-state index contributed by atoms with van der Waals surface area (Å²) in [6, 6.07) is 0. The fourth-order valence-corrected chi connectivity index (χ4v) is 2.49. The van der Waals surface area contributed by atoms with E-state index in [1.807, 2.05) is 0 Å². The maximum atomic E-state index is 11.3. The van der Waals surface area contributed by atoms with Gasteiger partial charge in [-0.1, -0.05) is 26.7 Å². The third-order valence-corrected chi connectivity index (χ3v) is 3.44. The first-order valence-corrected chi connectivity index (χ1v) is 6.10. The van der Waals surface area contributed by atoms with E-state index in [-0.39, 0.29) is 0 Å². The van der Waals surface area contributed by atoms with Gasteiger partial charge in [0.05, 0.1) is 5.41 Å². The molecular weight excluding hydrogens is 190 g/mol. The van der Waals surface area contributed by atoms with Crippen LogP contribution in [0, 0.1) is 5.41 Å². The molecule has 1 aliphatic heterocycles. The molecule has 0 radical (unpaired) electrons. The smallest absolute Gasteiger partial charge is 0.310 e. The van der Waals surface area contributed by atoms with E-state index in [1.165, 1.54) is 12.8 Å². The molecule has 1 fully saturated rings. The first-order chi connectivity index (χ1) is 7.14. The summed E-state index contributed by atoms with van der Waals surface area (Å²) < 4.78 is 0. The molecule has 1 saturated heterocycles. The summed E-state index contributed by atoms with van der Waals surface area (Å²) in [5.74, 6) is -0.594. The molecule has 3 nitrogen and oxygen atoms in total. The standard InChI is InChI=1S/C12H23NO2/c1-3-5-8-13-9-7-12(10-13,6-4-2)11(14)15/h3-10H2,1-2H3,(H,14,15). The van der Waals surface area contributed by atoms with Crippen LogP contribution >= 0.6 is 0 Å². The zero-order valence-electron chi connectivity index (χ0n) is 9.96. The molecule has 0 aromatic heterocycles. The molecule has 3 heteroatoms. The molecule has 15 heavy (non-hydrogen) atoms. The van der Waals surface area contributed by atoms with Crippen molar-refractivity contribution >= 4 is 5.97 Å². The maximum absolute atomic E-state index is 11.3. The Labute approximate surface area is 92.5 Å². The van der Waals surface area contributed by atoms with Crippen molar-refractivity contribution < 1.29 is 9.90 Å². The Kier molecular flexibility index (Phi) is 4.58. The third-order valence-electron chi connectivity index (χ3n) is 3.44. The predicted molar refractivity (Wildman–Crippen MR) is 60.9 cm³/mol. The molecule has 1 rings (SSSR count). The van der Waals surface area contributed by atoms with Gasteiger partial charge in [-0.15, -0.1) is 0 Å². The van der Waals surface area contributed by atoms with Crippen molar-refractivity contribution in [3.63, 3.8) is 0 Å². The van der Waals surface area contributed by atoms with Crippen LogP contribution in [0.4, 0.5) is 0 Å². The second-order valence-corrected chi connectivity index (χ2v) is 4.72. The number of nitrogens with zero attached hydrogens (tertiary/aromatic N) is 1. The number of aliphatic carboxylic acids is 1. The fourth-order valence-electron chi connectivity index (χ4n) is 2.49. The molecule has 1 atom stereocenters. The van der Waals surface area contributed by atoms with E-state index in [4.69, 9.17) is 0 Å². The van der Waals surface area contributed by atoms with Gasteiger partial charge in [0.25, 0.3) is 0 Å². The predicted octanol–water partition coefficient (Wildman–Crippen LogP) is 2.36. The highest BCUT2D eigenvalue weighted by Gasteiger charge is 2.43. The molecule has 1 unspecified atom stereocenters. The average molecular weight is 213 g/mol. The summed E-state index contributed by atoms with van der Waals surface area (Å²) in [7, 11) is 0. The second kappa shape index (κ2) is 5.50. The summed E-state index contributed by atoms with van der Waals surface area (Å²) in [6.45, 7) is 7.03. The van der Waals surface area contributed by atoms with Crippen molar-refractivity contribution in [2.24, 2.45) is 5.41 Å². The van der Waals surface area contributed by atoms with E-state index in [9.17, 15) is 9.90 Å². The number of hydrogen-bond donors (Lipinski definition) is 1. The lowest BCUT2D eigenvalue weighted by Crippen LogP contribution is -2.34. The van der Waals surface area contributed by atoms with Crippen molar-refractivity contribution in [1.82, 2.24) is 4.90 Å². The molecule has 0 spiro atoms. The van der Waals surface area contributed by atoms with Gasteiger partial charge in [-0.2, -0.15) is 0 Å². The van der Waals surface area contributed by atoms with Crippen molar-refractivity contribution in [2.45, 2.75) is 46.0 Å². The minimum atomic E-state index is -0.594. The quantitative estimate of drug-likeness (QED) is 0.736. The summed E-state index contributed by atoms with van der Waals surface area (Å²) >= 11 is 0. The highest BCUT2D eigenvalue weighted by Crippen LogP contribution is 2.35. The van der Waals surface area contributed by atoms with Crippen LogP contribution in [-0.4, -0.2) is 35.6 Å². The fraction of sp³-hybridized carbons (Fsp3) is 0.917. The zero-order valence-corrected chi connectivity index (χ0v) is 9.96. The highest BCUT2D eigenvalue weighted by molar-refractivity contribution is 5.75. The normalized spacial score (nSPS) is 27.1. The molecule has 0 aliphatic carbocycles. The number of rotatable bonds is 6. The zero-order chi connectivity index (χ0) is 11.3. The van der Waals surface area contributed by atoms with Gasteiger partial charge in [-0.05, 0) is 32.4 Å². The number of carboxylic acid groups (broad SMARTS) is 1. The monoisotopic (exact) mass is 213 g/mol. The molecule has 0 bridgehead atoms. The first kappa shape index (κ1) is 12.5. The van der Waals surface area contributed by atoms with Crippen molar-refractivity contribution in [2.75, 3.05) is 19.6 Å². The van der Waals surface area contributed by atoms with Crippen LogP contribution < -0.4 is 0 Å². The lowest BCUT2D eigenvalue weighted by atomic mass is 9.83. The molecule has 88 valence electrons. The van der Waals surface area contributed by atoms with E-state index in [0.717, 1.165) is 38.9 Å². The SMILES string of the molecule is CCCCN1CCC(CCC)(C(=O)O)C1. The van der Waals surface area contributed by atoms with Gasteiger partial charge in [0.1, 0.15) is 0 Å². The van der Waals surface area contributed by atoms with E-state index < -0.39 is 11.4 Å². The first-order valence-electron chi connectivity index (χ1n) is 6.10. The minimum absolute atomic E-state index is 0.442. The third kappa shape index (κ3) is 2.94. The van der Waals surface area contributed by atoms with Crippen molar-refractivity contribution in [3.8, 4) is 0 Å². The van der Waals surface area contributed by atoms with E-state index in [2.05, 4.69) is 18.7 Å². The molecule has 0 aromatic rings. The Bertz CT molecular complexity index is 218. The second-order valence-electron chi connectivity index (χ2n) is 4.72. The van der Waals surface area contributed by atoms with Gasteiger partial charge >= 0.3 is 5.97 Å². The summed E-state index contributed by atoms with van der Waals surface area (Å²) in [4.78, 5) is 13.6. The van der Waals surface area contributed by atoms with Gasteiger partial charge in [0.2, 0.25) is 0 Å². The molecule has 1 aliphatic rings. The van der Waals surface area contributed by atoms with Gasteiger partial charge < -0.3 is 10.0 Å².